The number of hydrogen-bond acceptors (Lipinski definition) is 1. The first kappa shape index (κ1) is 24.4. The van der Waals surface area contributed by atoms with Gasteiger partial charge in [-0.2, -0.15) is 13.2 Å². The third-order valence-corrected chi connectivity index (χ3v) is 10.4. The standard InChI is InChI=1S/C28H43F3O/c1-18(7-6-8-19(2)28(29,30)31)22-11-12-23-21-10-9-20-17-25(3,32)15-16-26(20,4)24(21)13-14-27(22,23)5/h9,11-12,18-19,21-24,32H,6-8,10,13-17H2,1-5H3/t18-,19+,21+,22-,23+,24+,25+,26+,27-/m1/s1. The van der Waals surface area contributed by atoms with E-state index in [0.29, 0.717) is 36.0 Å². The van der Waals surface area contributed by atoms with Gasteiger partial charge < -0.3 is 5.11 Å². The zero-order valence-corrected chi connectivity index (χ0v) is 20.6. The number of halogens is 3. The summed E-state index contributed by atoms with van der Waals surface area (Å²) in [4.78, 5) is 0. The van der Waals surface area contributed by atoms with Crippen LogP contribution in [0.15, 0.2) is 23.8 Å². The smallest absolute Gasteiger partial charge is 0.390 e. The van der Waals surface area contributed by atoms with Gasteiger partial charge in [0, 0.05) is 0 Å². The molecule has 1 N–H and O–H groups in total. The third-order valence-electron chi connectivity index (χ3n) is 10.4. The molecule has 32 heavy (non-hydrogen) atoms. The number of hydrogen-bond donors (Lipinski definition) is 1. The molecule has 0 saturated heterocycles. The summed E-state index contributed by atoms with van der Waals surface area (Å²) in [6.45, 7) is 10.5. The highest BCUT2D eigenvalue weighted by molar-refractivity contribution is 5.29. The summed E-state index contributed by atoms with van der Waals surface area (Å²) in [5.74, 6) is 1.60. The van der Waals surface area contributed by atoms with E-state index in [1.807, 2.05) is 6.92 Å². The highest BCUT2D eigenvalue weighted by Crippen LogP contribution is 2.66. The molecule has 2 saturated carbocycles. The Kier molecular flexibility index (Phi) is 6.22. The molecule has 4 rings (SSSR count). The Morgan fingerprint density at radius 3 is 2.47 bits per heavy atom. The van der Waals surface area contributed by atoms with Gasteiger partial charge in [0.1, 0.15) is 0 Å². The van der Waals surface area contributed by atoms with Gasteiger partial charge in [-0.1, -0.05) is 64.3 Å². The first-order valence-corrected chi connectivity index (χ1v) is 12.9. The number of fused-ring (bicyclic) bond motifs is 5. The minimum atomic E-state index is -4.07. The van der Waals surface area contributed by atoms with Crippen LogP contribution in [0.25, 0.3) is 0 Å². The van der Waals surface area contributed by atoms with Gasteiger partial charge in [-0.3, -0.25) is 0 Å². The van der Waals surface area contributed by atoms with Crippen molar-refractivity contribution in [2.24, 2.45) is 46.3 Å². The summed E-state index contributed by atoms with van der Waals surface area (Å²) < 4.78 is 38.6. The van der Waals surface area contributed by atoms with Crippen LogP contribution in [0, 0.1) is 46.3 Å². The van der Waals surface area contributed by atoms with Crippen LogP contribution in [0.1, 0.15) is 92.4 Å². The van der Waals surface area contributed by atoms with Gasteiger partial charge in [0.05, 0.1) is 11.5 Å². The Morgan fingerprint density at radius 2 is 1.78 bits per heavy atom. The van der Waals surface area contributed by atoms with Crippen molar-refractivity contribution in [3.63, 3.8) is 0 Å². The fourth-order valence-corrected chi connectivity index (χ4v) is 8.23. The van der Waals surface area contributed by atoms with Crippen LogP contribution in [-0.4, -0.2) is 16.9 Å². The van der Waals surface area contributed by atoms with Crippen molar-refractivity contribution >= 4 is 0 Å². The van der Waals surface area contributed by atoms with Crippen molar-refractivity contribution in [1.82, 2.24) is 0 Å². The largest absolute Gasteiger partial charge is 0.391 e. The molecule has 4 aliphatic rings. The quantitative estimate of drug-likeness (QED) is 0.418. The molecule has 182 valence electrons. The lowest BCUT2D eigenvalue weighted by molar-refractivity contribution is -0.171. The highest BCUT2D eigenvalue weighted by atomic mass is 19.4. The van der Waals surface area contributed by atoms with Crippen molar-refractivity contribution in [2.75, 3.05) is 0 Å². The summed E-state index contributed by atoms with van der Waals surface area (Å²) >= 11 is 0. The second-order valence-corrected chi connectivity index (χ2v) is 12.7. The maximum Gasteiger partial charge on any atom is 0.391 e. The van der Waals surface area contributed by atoms with Crippen molar-refractivity contribution in [2.45, 2.75) is 104 Å². The molecule has 2 fully saturated rings. The Hall–Kier alpha value is -0.770. The molecule has 0 aromatic rings. The average Bonchev–Trinajstić information content (AvgIpc) is 3.05. The zero-order chi connectivity index (χ0) is 23.5. The van der Waals surface area contributed by atoms with Crippen LogP contribution in [0.4, 0.5) is 13.2 Å². The van der Waals surface area contributed by atoms with Gasteiger partial charge in [0.2, 0.25) is 0 Å². The first-order valence-electron chi connectivity index (χ1n) is 12.9. The zero-order valence-electron chi connectivity index (χ0n) is 20.6. The van der Waals surface area contributed by atoms with Gasteiger partial charge in [0.25, 0.3) is 0 Å². The van der Waals surface area contributed by atoms with Crippen molar-refractivity contribution in [3.05, 3.63) is 23.8 Å². The monoisotopic (exact) mass is 452 g/mol. The van der Waals surface area contributed by atoms with Crippen LogP contribution in [0.3, 0.4) is 0 Å². The van der Waals surface area contributed by atoms with Crippen LogP contribution >= 0.6 is 0 Å². The maximum atomic E-state index is 12.9. The highest BCUT2D eigenvalue weighted by Gasteiger charge is 2.58. The molecule has 0 heterocycles. The lowest BCUT2D eigenvalue weighted by atomic mass is 9.46. The molecule has 0 aromatic heterocycles. The van der Waals surface area contributed by atoms with E-state index in [1.54, 1.807) is 0 Å². The molecule has 0 aromatic carbocycles. The molecule has 9 atom stereocenters. The fourth-order valence-electron chi connectivity index (χ4n) is 8.23. The fraction of sp³-hybridized carbons (Fsp3) is 0.857. The predicted octanol–water partition coefficient (Wildman–Crippen LogP) is 8.10. The number of alkyl halides is 3. The predicted molar refractivity (Wildman–Crippen MR) is 124 cm³/mol. The molecular weight excluding hydrogens is 409 g/mol. The van der Waals surface area contributed by atoms with E-state index < -0.39 is 17.7 Å². The molecule has 0 spiro atoms. The summed E-state index contributed by atoms with van der Waals surface area (Å²) in [5.41, 5.74) is 1.39. The van der Waals surface area contributed by atoms with E-state index in [4.69, 9.17) is 0 Å². The number of rotatable bonds is 5. The lowest BCUT2D eigenvalue weighted by Gasteiger charge is -2.59. The van der Waals surface area contributed by atoms with Gasteiger partial charge in [-0.15, -0.1) is 0 Å². The minimum absolute atomic E-state index is 0.220. The molecule has 4 aliphatic carbocycles. The van der Waals surface area contributed by atoms with Crippen LogP contribution in [-0.2, 0) is 0 Å². The molecule has 0 bridgehead atoms. The van der Waals surface area contributed by atoms with Gasteiger partial charge in [0.15, 0.2) is 0 Å². The summed E-state index contributed by atoms with van der Waals surface area (Å²) in [7, 11) is 0. The van der Waals surface area contributed by atoms with Crippen LogP contribution in [0.2, 0.25) is 0 Å². The Morgan fingerprint density at radius 1 is 1.06 bits per heavy atom. The minimum Gasteiger partial charge on any atom is -0.390 e. The Bertz CT molecular complexity index is 765. The van der Waals surface area contributed by atoms with Gasteiger partial charge >= 0.3 is 6.18 Å². The second kappa shape index (κ2) is 8.17. The van der Waals surface area contributed by atoms with E-state index in [0.717, 1.165) is 32.1 Å². The topological polar surface area (TPSA) is 20.2 Å². The molecular formula is C28H43F3O. The summed E-state index contributed by atoms with van der Waals surface area (Å²) in [6.07, 6.45) is 11.4. The number of aliphatic hydroxyl groups is 1. The molecule has 0 unspecified atom stereocenters. The van der Waals surface area contributed by atoms with E-state index in [-0.39, 0.29) is 17.3 Å². The second-order valence-electron chi connectivity index (χ2n) is 12.7. The molecule has 0 radical (unpaired) electrons. The SMILES string of the molecule is C[C@H](CCC[C@H](C)C(F)(F)F)[C@H]1C=C[C@H]2[C@@H]3CC=C4C[C@@](C)(O)CC[C@]4(C)[C@H]3CC[C@]12C. The third kappa shape index (κ3) is 4.12. The summed E-state index contributed by atoms with van der Waals surface area (Å²) in [6, 6.07) is 0. The Balaban J connectivity index is 1.44. The molecule has 0 aliphatic heterocycles. The molecule has 4 heteroatoms. The van der Waals surface area contributed by atoms with Gasteiger partial charge in [-0.25, -0.2) is 0 Å². The van der Waals surface area contributed by atoms with E-state index in [9.17, 15) is 18.3 Å². The summed E-state index contributed by atoms with van der Waals surface area (Å²) in [5, 5.41) is 10.6. The number of allylic oxidation sites excluding steroid dienone is 3. The van der Waals surface area contributed by atoms with E-state index in [2.05, 4.69) is 39.0 Å². The van der Waals surface area contributed by atoms with Crippen molar-refractivity contribution < 1.29 is 18.3 Å². The first-order chi connectivity index (χ1) is 14.8. The molecule has 0 amide bonds. The van der Waals surface area contributed by atoms with Gasteiger partial charge in [-0.05, 0) is 92.3 Å². The van der Waals surface area contributed by atoms with Crippen molar-refractivity contribution in [1.29, 1.82) is 0 Å². The maximum absolute atomic E-state index is 12.9. The average molecular weight is 453 g/mol. The lowest BCUT2D eigenvalue weighted by Crippen LogP contribution is -2.52. The van der Waals surface area contributed by atoms with Crippen LogP contribution < -0.4 is 0 Å². The van der Waals surface area contributed by atoms with E-state index in [1.165, 1.54) is 25.3 Å². The van der Waals surface area contributed by atoms with E-state index >= 15 is 0 Å². The van der Waals surface area contributed by atoms with Crippen LogP contribution in [0.5, 0.6) is 0 Å². The normalized spacial score (nSPS) is 45.5. The van der Waals surface area contributed by atoms with Crippen molar-refractivity contribution in [3.8, 4) is 0 Å². The Labute approximate surface area is 192 Å². The molecule has 1 nitrogen and oxygen atoms in total.